The molecule has 0 saturated carbocycles. The van der Waals surface area contributed by atoms with E-state index in [4.69, 9.17) is 9.47 Å². The molecule has 0 radical (unpaired) electrons. The second kappa shape index (κ2) is 6.43. The maximum Gasteiger partial charge on any atom is 0.221 e. The third-order valence-electron chi connectivity index (χ3n) is 3.08. The number of hydrogen-bond acceptors (Lipinski definition) is 4. The summed E-state index contributed by atoms with van der Waals surface area (Å²) >= 11 is 0. The van der Waals surface area contributed by atoms with E-state index in [2.05, 4.69) is 10.2 Å². The Labute approximate surface area is 113 Å². The normalized spacial score (nSPS) is 17.3. The van der Waals surface area contributed by atoms with Crippen LogP contribution in [-0.4, -0.2) is 50.7 Å². The zero-order valence-electron chi connectivity index (χ0n) is 11.4. The standard InChI is InChI=1S/C14H20N2O3/c1-15-14(17)7-8-16(2)9-11-10-18-12-5-3-4-6-13(12)19-11/h3-6,11H,7-10H2,1-2H3,(H,15,17). The summed E-state index contributed by atoms with van der Waals surface area (Å²) in [5.41, 5.74) is 0. The summed E-state index contributed by atoms with van der Waals surface area (Å²) in [5, 5.41) is 2.62. The van der Waals surface area contributed by atoms with Crippen molar-refractivity contribution in [2.45, 2.75) is 12.5 Å². The third kappa shape index (κ3) is 3.86. The predicted octanol–water partition coefficient (Wildman–Crippen LogP) is 0.894. The van der Waals surface area contributed by atoms with Crippen molar-refractivity contribution in [3.8, 4) is 11.5 Å². The fourth-order valence-electron chi connectivity index (χ4n) is 2.01. The fraction of sp³-hybridized carbons (Fsp3) is 0.500. The molecule has 5 heteroatoms. The molecule has 1 aromatic carbocycles. The molecule has 1 heterocycles. The number of likely N-dealkylation sites (N-methyl/N-ethyl adjacent to an activating group) is 1. The Morgan fingerprint density at radius 2 is 2.16 bits per heavy atom. The highest BCUT2D eigenvalue weighted by atomic mass is 16.6. The first-order valence-corrected chi connectivity index (χ1v) is 6.46. The summed E-state index contributed by atoms with van der Waals surface area (Å²) in [7, 11) is 3.63. The number of ether oxygens (including phenoxy) is 2. The number of carbonyl (C=O) groups excluding carboxylic acids is 1. The third-order valence-corrected chi connectivity index (χ3v) is 3.08. The summed E-state index contributed by atoms with van der Waals surface area (Å²) in [5.74, 6) is 1.64. The first-order chi connectivity index (χ1) is 9.19. The van der Waals surface area contributed by atoms with Crippen LogP contribution in [0, 0.1) is 0 Å². The van der Waals surface area contributed by atoms with Crippen LogP contribution in [-0.2, 0) is 4.79 Å². The summed E-state index contributed by atoms with van der Waals surface area (Å²) < 4.78 is 11.5. The molecular weight excluding hydrogens is 244 g/mol. The maximum atomic E-state index is 11.2. The predicted molar refractivity (Wildman–Crippen MR) is 72.5 cm³/mol. The summed E-state index contributed by atoms with van der Waals surface area (Å²) in [6.07, 6.45) is 0.501. The minimum absolute atomic E-state index is 0.00425. The molecule has 1 aliphatic heterocycles. The molecule has 19 heavy (non-hydrogen) atoms. The largest absolute Gasteiger partial charge is 0.486 e. The van der Waals surface area contributed by atoms with Gasteiger partial charge in [-0.05, 0) is 19.2 Å². The molecule has 1 aliphatic rings. The first-order valence-electron chi connectivity index (χ1n) is 6.46. The lowest BCUT2D eigenvalue weighted by Gasteiger charge is -2.29. The zero-order valence-corrected chi connectivity index (χ0v) is 11.4. The molecule has 1 N–H and O–H groups in total. The molecule has 1 atom stereocenters. The molecule has 0 bridgehead atoms. The van der Waals surface area contributed by atoms with E-state index in [-0.39, 0.29) is 12.0 Å². The van der Waals surface area contributed by atoms with Crippen LogP contribution in [0.5, 0.6) is 11.5 Å². The number of amides is 1. The lowest BCUT2D eigenvalue weighted by molar-refractivity contribution is -0.120. The Hall–Kier alpha value is -1.75. The van der Waals surface area contributed by atoms with Crippen molar-refractivity contribution in [1.29, 1.82) is 0 Å². The van der Waals surface area contributed by atoms with Gasteiger partial charge in [-0.2, -0.15) is 0 Å². The van der Waals surface area contributed by atoms with Gasteiger partial charge in [-0.25, -0.2) is 0 Å². The van der Waals surface area contributed by atoms with Gasteiger partial charge in [-0.1, -0.05) is 12.1 Å². The van der Waals surface area contributed by atoms with E-state index in [9.17, 15) is 4.79 Å². The number of nitrogens with one attached hydrogen (secondary N) is 1. The molecule has 2 rings (SSSR count). The molecule has 1 amide bonds. The van der Waals surface area contributed by atoms with Crippen LogP contribution < -0.4 is 14.8 Å². The number of benzene rings is 1. The van der Waals surface area contributed by atoms with Crippen molar-refractivity contribution >= 4 is 5.91 Å². The van der Waals surface area contributed by atoms with Gasteiger partial charge in [0.05, 0.1) is 0 Å². The van der Waals surface area contributed by atoms with E-state index in [1.54, 1.807) is 7.05 Å². The maximum absolute atomic E-state index is 11.2. The van der Waals surface area contributed by atoms with Gasteiger partial charge in [0, 0.05) is 26.6 Å². The molecule has 1 unspecified atom stereocenters. The van der Waals surface area contributed by atoms with E-state index >= 15 is 0 Å². The average molecular weight is 264 g/mol. The van der Waals surface area contributed by atoms with Crippen LogP contribution in [0.1, 0.15) is 6.42 Å². The van der Waals surface area contributed by atoms with Crippen LogP contribution >= 0.6 is 0 Å². The highest BCUT2D eigenvalue weighted by molar-refractivity contribution is 5.75. The molecule has 104 valence electrons. The summed E-state index contributed by atoms with van der Waals surface area (Å²) in [6, 6.07) is 7.67. The van der Waals surface area contributed by atoms with Gasteiger partial charge in [0.1, 0.15) is 12.7 Å². The minimum atomic E-state index is 0.00425. The van der Waals surface area contributed by atoms with E-state index in [1.807, 2.05) is 31.3 Å². The van der Waals surface area contributed by atoms with Crippen LogP contribution in [0.15, 0.2) is 24.3 Å². The second-order valence-electron chi connectivity index (χ2n) is 4.68. The van der Waals surface area contributed by atoms with Gasteiger partial charge in [0.2, 0.25) is 5.91 Å². The van der Waals surface area contributed by atoms with Crippen molar-refractivity contribution in [3.05, 3.63) is 24.3 Å². The molecule has 0 aliphatic carbocycles. The van der Waals surface area contributed by atoms with Crippen LogP contribution in [0.2, 0.25) is 0 Å². The van der Waals surface area contributed by atoms with Crippen molar-refractivity contribution < 1.29 is 14.3 Å². The lowest BCUT2D eigenvalue weighted by Crippen LogP contribution is -2.40. The summed E-state index contributed by atoms with van der Waals surface area (Å²) in [4.78, 5) is 13.3. The number of hydrogen-bond donors (Lipinski definition) is 1. The molecule has 0 aromatic heterocycles. The Bertz CT molecular complexity index is 436. The van der Waals surface area contributed by atoms with Gasteiger partial charge in [0.25, 0.3) is 0 Å². The Morgan fingerprint density at radius 3 is 2.89 bits per heavy atom. The number of rotatable bonds is 5. The highest BCUT2D eigenvalue weighted by Crippen LogP contribution is 2.30. The SMILES string of the molecule is CNC(=O)CCN(C)CC1COc2ccccc2O1. The van der Waals surface area contributed by atoms with E-state index in [0.29, 0.717) is 19.6 Å². The second-order valence-corrected chi connectivity index (χ2v) is 4.68. The number of para-hydroxylation sites is 2. The van der Waals surface area contributed by atoms with Crippen molar-refractivity contribution in [3.63, 3.8) is 0 Å². The molecule has 0 saturated heterocycles. The van der Waals surface area contributed by atoms with Crippen molar-refractivity contribution in [1.82, 2.24) is 10.2 Å². The lowest BCUT2D eigenvalue weighted by atomic mass is 10.2. The smallest absolute Gasteiger partial charge is 0.221 e. The Kier molecular flexibility index (Phi) is 4.63. The van der Waals surface area contributed by atoms with Crippen molar-refractivity contribution in [2.75, 3.05) is 33.8 Å². The van der Waals surface area contributed by atoms with E-state index < -0.39 is 0 Å². The van der Waals surface area contributed by atoms with Crippen molar-refractivity contribution in [2.24, 2.45) is 0 Å². The van der Waals surface area contributed by atoms with Gasteiger partial charge in [-0.3, -0.25) is 4.79 Å². The molecule has 0 fully saturated rings. The Morgan fingerprint density at radius 1 is 1.42 bits per heavy atom. The summed E-state index contributed by atoms with van der Waals surface area (Å²) in [6.45, 7) is 1.99. The monoisotopic (exact) mass is 264 g/mol. The Balaban J connectivity index is 1.80. The van der Waals surface area contributed by atoms with Crippen LogP contribution in [0.4, 0.5) is 0 Å². The van der Waals surface area contributed by atoms with Gasteiger partial charge in [0.15, 0.2) is 11.5 Å². The van der Waals surface area contributed by atoms with Crippen LogP contribution in [0.3, 0.4) is 0 Å². The zero-order chi connectivity index (χ0) is 13.7. The highest BCUT2D eigenvalue weighted by Gasteiger charge is 2.21. The fourth-order valence-corrected chi connectivity index (χ4v) is 2.01. The topological polar surface area (TPSA) is 50.8 Å². The molecule has 1 aromatic rings. The molecule has 0 spiro atoms. The average Bonchev–Trinajstić information content (AvgIpc) is 2.44. The first kappa shape index (κ1) is 13.7. The van der Waals surface area contributed by atoms with E-state index in [0.717, 1.165) is 18.0 Å². The number of fused-ring (bicyclic) bond motifs is 1. The molecular formula is C14H20N2O3. The molecule has 5 nitrogen and oxygen atoms in total. The quantitative estimate of drug-likeness (QED) is 0.858. The van der Waals surface area contributed by atoms with E-state index in [1.165, 1.54) is 0 Å². The van der Waals surface area contributed by atoms with Gasteiger partial charge >= 0.3 is 0 Å². The van der Waals surface area contributed by atoms with Crippen LogP contribution in [0.25, 0.3) is 0 Å². The number of nitrogens with zero attached hydrogens (tertiary/aromatic N) is 1. The minimum Gasteiger partial charge on any atom is -0.486 e. The van der Waals surface area contributed by atoms with Gasteiger partial charge in [-0.15, -0.1) is 0 Å². The number of carbonyl (C=O) groups is 1. The van der Waals surface area contributed by atoms with Gasteiger partial charge < -0.3 is 19.7 Å².